The highest BCUT2D eigenvalue weighted by atomic mass is 35.5. The molecule has 20 heavy (non-hydrogen) atoms. The number of methoxy groups -OCH3 is 2. The number of rotatable bonds is 6. The molecule has 1 aromatic carbocycles. The lowest BCUT2D eigenvalue weighted by Crippen LogP contribution is -2.27. The maximum atomic E-state index is 12.2. The number of ketones is 1. The van der Waals surface area contributed by atoms with Gasteiger partial charge in [-0.15, -0.1) is 0 Å². The lowest BCUT2D eigenvalue weighted by molar-refractivity contribution is -0.146. The van der Waals surface area contributed by atoms with Crippen LogP contribution in [0.4, 0.5) is 0 Å². The number of benzene rings is 1. The summed E-state index contributed by atoms with van der Waals surface area (Å²) in [5, 5.41) is 9.26. The van der Waals surface area contributed by atoms with Crippen LogP contribution in [0.25, 0.3) is 0 Å². The van der Waals surface area contributed by atoms with Crippen LogP contribution in [0.1, 0.15) is 30.6 Å². The van der Waals surface area contributed by atoms with Crippen molar-refractivity contribution < 1.29 is 24.2 Å². The Balaban J connectivity index is 3.14. The summed E-state index contributed by atoms with van der Waals surface area (Å²) in [7, 11) is 2.91. The van der Waals surface area contributed by atoms with E-state index in [9.17, 15) is 9.59 Å². The standard InChI is InChI=1S/C14H17ClO5/c1-14(2,13(17)18)7-10(16)8-5-11(19-3)12(20-4)6-9(8)15/h5-6H,7H2,1-4H3,(H,17,18). The smallest absolute Gasteiger partial charge is 0.309 e. The summed E-state index contributed by atoms with van der Waals surface area (Å²) in [4.78, 5) is 23.3. The number of carboxylic acid groups (broad SMARTS) is 1. The largest absolute Gasteiger partial charge is 0.493 e. The Bertz CT molecular complexity index is 537. The number of halogens is 1. The van der Waals surface area contributed by atoms with Crippen LogP contribution in [-0.4, -0.2) is 31.1 Å². The number of Topliss-reactive ketones (excluding diaryl/α,β-unsaturated/α-hetero) is 1. The predicted molar refractivity (Wildman–Crippen MR) is 74.9 cm³/mol. The van der Waals surface area contributed by atoms with Crippen molar-refractivity contribution in [2.24, 2.45) is 5.41 Å². The van der Waals surface area contributed by atoms with Crippen LogP contribution < -0.4 is 9.47 Å². The number of hydrogen-bond acceptors (Lipinski definition) is 4. The minimum Gasteiger partial charge on any atom is -0.493 e. The summed E-state index contributed by atoms with van der Waals surface area (Å²) < 4.78 is 10.2. The van der Waals surface area contributed by atoms with Crippen LogP contribution in [0.2, 0.25) is 5.02 Å². The fraction of sp³-hybridized carbons (Fsp3) is 0.429. The topological polar surface area (TPSA) is 72.8 Å². The summed E-state index contributed by atoms with van der Waals surface area (Å²) in [6.45, 7) is 2.98. The third kappa shape index (κ3) is 3.42. The highest BCUT2D eigenvalue weighted by Crippen LogP contribution is 2.35. The minimum absolute atomic E-state index is 0.155. The highest BCUT2D eigenvalue weighted by molar-refractivity contribution is 6.34. The zero-order chi connectivity index (χ0) is 15.5. The maximum Gasteiger partial charge on any atom is 0.309 e. The van der Waals surface area contributed by atoms with Crippen molar-refractivity contribution in [2.45, 2.75) is 20.3 Å². The second-order valence-electron chi connectivity index (χ2n) is 4.98. The van der Waals surface area contributed by atoms with Crippen LogP contribution >= 0.6 is 11.6 Å². The summed E-state index contributed by atoms with van der Waals surface area (Å²) in [6, 6.07) is 2.93. The van der Waals surface area contributed by atoms with E-state index in [1.165, 1.54) is 40.2 Å². The lowest BCUT2D eigenvalue weighted by Gasteiger charge is -2.18. The van der Waals surface area contributed by atoms with Crippen molar-refractivity contribution in [3.8, 4) is 11.5 Å². The number of carbonyl (C=O) groups excluding carboxylic acids is 1. The van der Waals surface area contributed by atoms with Crippen LogP contribution in [0.3, 0.4) is 0 Å². The van der Waals surface area contributed by atoms with Gasteiger partial charge in [0.05, 0.1) is 24.7 Å². The summed E-state index contributed by atoms with van der Waals surface area (Å²) >= 11 is 6.04. The van der Waals surface area contributed by atoms with Crippen LogP contribution in [0.5, 0.6) is 11.5 Å². The second kappa shape index (κ2) is 6.13. The van der Waals surface area contributed by atoms with Gasteiger partial charge >= 0.3 is 5.97 Å². The van der Waals surface area contributed by atoms with E-state index in [4.69, 9.17) is 26.2 Å². The Hall–Kier alpha value is -1.75. The molecule has 1 rings (SSSR count). The van der Waals surface area contributed by atoms with E-state index >= 15 is 0 Å². The van der Waals surface area contributed by atoms with Crippen molar-refractivity contribution in [1.82, 2.24) is 0 Å². The molecule has 0 bridgehead atoms. The first kappa shape index (κ1) is 16.3. The molecule has 1 N–H and O–H groups in total. The maximum absolute atomic E-state index is 12.2. The molecule has 1 aromatic rings. The van der Waals surface area contributed by atoms with Gasteiger partial charge in [0.15, 0.2) is 17.3 Å². The molecule has 0 spiro atoms. The van der Waals surface area contributed by atoms with Crippen molar-refractivity contribution >= 4 is 23.4 Å². The number of ether oxygens (including phenoxy) is 2. The van der Waals surface area contributed by atoms with Gasteiger partial charge in [0.2, 0.25) is 0 Å². The van der Waals surface area contributed by atoms with Gasteiger partial charge in [0, 0.05) is 18.1 Å². The monoisotopic (exact) mass is 300 g/mol. The van der Waals surface area contributed by atoms with Gasteiger partial charge < -0.3 is 14.6 Å². The fourth-order valence-electron chi connectivity index (χ4n) is 1.64. The quantitative estimate of drug-likeness (QED) is 0.817. The SMILES string of the molecule is COc1cc(Cl)c(C(=O)CC(C)(C)C(=O)O)cc1OC. The van der Waals surface area contributed by atoms with Gasteiger partial charge in [0.25, 0.3) is 0 Å². The first-order chi connectivity index (χ1) is 9.22. The number of aliphatic carboxylic acids is 1. The lowest BCUT2D eigenvalue weighted by atomic mass is 9.85. The normalized spacial score (nSPS) is 11.1. The molecule has 110 valence electrons. The average Bonchev–Trinajstić information content (AvgIpc) is 2.37. The molecule has 0 atom stereocenters. The van der Waals surface area contributed by atoms with Crippen molar-refractivity contribution in [3.63, 3.8) is 0 Å². The van der Waals surface area contributed by atoms with Gasteiger partial charge in [-0.05, 0) is 19.9 Å². The van der Waals surface area contributed by atoms with E-state index < -0.39 is 11.4 Å². The van der Waals surface area contributed by atoms with E-state index in [2.05, 4.69) is 0 Å². The Labute approximate surface area is 122 Å². The van der Waals surface area contributed by atoms with Gasteiger partial charge in [0.1, 0.15) is 0 Å². The molecule has 0 aliphatic carbocycles. The zero-order valence-corrected chi connectivity index (χ0v) is 12.6. The summed E-state index contributed by atoms with van der Waals surface area (Å²) in [6.07, 6.45) is -0.155. The number of hydrogen-bond donors (Lipinski definition) is 1. The van der Waals surface area contributed by atoms with Crippen molar-refractivity contribution in [3.05, 3.63) is 22.7 Å². The van der Waals surface area contributed by atoms with Crippen LogP contribution in [0.15, 0.2) is 12.1 Å². The molecule has 5 nitrogen and oxygen atoms in total. The molecule has 0 saturated carbocycles. The first-order valence-corrected chi connectivity index (χ1v) is 6.29. The molecular formula is C14H17ClO5. The van der Waals surface area contributed by atoms with Crippen molar-refractivity contribution in [1.29, 1.82) is 0 Å². The zero-order valence-electron chi connectivity index (χ0n) is 11.8. The Morgan fingerprint density at radius 3 is 2.15 bits per heavy atom. The molecule has 0 amide bonds. The first-order valence-electron chi connectivity index (χ1n) is 5.91. The van der Waals surface area contributed by atoms with Gasteiger partial charge in [-0.3, -0.25) is 9.59 Å². The predicted octanol–water partition coefficient (Wildman–Crippen LogP) is 3.04. The van der Waals surface area contributed by atoms with Gasteiger partial charge in [-0.25, -0.2) is 0 Å². The Kier molecular flexibility index (Phi) is 5.00. The third-order valence-electron chi connectivity index (χ3n) is 2.96. The fourth-order valence-corrected chi connectivity index (χ4v) is 1.90. The Morgan fingerprint density at radius 2 is 1.70 bits per heavy atom. The summed E-state index contributed by atoms with van der Waals surface area (Å²) in [5.74, 6) is -0.620. The summed E-state index contributed by atoms with van der Waals surface area (Å²) in [5.41, 5.74) is -0.938. The van der Waals surface area contributed by atoms with Crippen LogP contribution in [-0.2, 0) is 4.79 Å². The molecule has 0 saturated heterocycles. The second-order valence-corrected chi connectivity index (χ2v) is 5.38. The molecule has 0 aliphatic heterocycles. The molecule has 0 aliphatic rings. The van der Waals surface area contributed by atoms with E-state index in [0.29, 0.717) is 11.5 Å². The van der Waals surface area contributed by atoms with E-state index in [-0.39, 0.29) is 22.8 Å². The Morgan fingerprint density at radius 1 is 1.20 bits per heavy atom. The van der Waals surface area contributed by atoms with Gasteiger partial charge in [-0.1, -0.05) is 11.6 Å². The molecule has 0 unspecified atom stereocenters. The minimum atomic E-state index is -1.16. The number of carboxylic acids is 1. The average molecular weight is 301 g/mol. The van der Waals surface area contributed by atoms with Crippen LogP contribution in [0, 0.1) is 5.41 Å². The molecule has 0 fully saturated rings. The third-order valence-corrected chi connectivity index (χ3v) is 3.27. The molecule has 6 heteroatoms. The number of carbonyl (C=O) groups is 2. The molecule has 0 heterocycles. The van der Waals surface area contributed by atoms with E-state index in [1.54, 1.807) is 0 Å². The van der Waals surface area contributed by atoms with E-state index in [0.717, 1.165) is 0 Å². The van der Waals surface area contributed by atoms with Gasteiger partial charge in [-0.2, -0.15) is 0 Å². The molecule has 0 aromatic heterocycles. The molecular weight excluding hydrogens is 284 g/mol. The molecule has 0 radical (unpaired) electrons. The van der Waals surface area contributed by atoms with E-state index in [1.807, 2.05) is 0 Å². The van der Waals surface area contributed by atoms with Crippen molar-refractivity contribution in [2.75, 3.05) is 14.2 Å². The highest BCUT2D eigenvalue weighted by Gasteiger charge is 2.31.